The van der Waals surface area contributed by atoms with Crippen LogP contribution in [0, 0.1) is 41.4 Å². The van der Waals surface area contributed by atoms with E-state index < -0.39 is 0 Å². The van der Waals surface area contributed by atoms with Crippen molar-refractivity contribution in [3.63, 3.8) is 0 Å². The minimum absolute atomic E-state index is 1.02. The topological polar surface area (TPSA) is 0 Å². The van der Waals surface area contributed by atoms with Gasteiger partial charge in [-0.3, -0.25) is 0 Å². The van der Waals surface area contributed by atoms with E-state index in [0.717, 1.165) is 41.4 Å². The summed E-state index contributed by atoms with van der Waals surface area (Å²) < 4.78 is 0. The molecule has 0 heteroatoms. The van der Waals surface area contributed by atoms with Crippen molar-refractivity contribution in [3.05, 3.63) is 0 Å². The number of hydrogen-bond donors (Lipinski definition) is 0. The van der Waals surface area contributed by atoms with Crippen LogP contribution in [0.25, 0.3) is 0 Å². The third-order valence-corrected chi connectivity index (χ3v) is 6.34. The summed E-state index contributed by atoms with van der Waals surface area (Å²) in [5, 5.41) is 0. The van der Waals surface area contributed by atoms with Crippen LogP contribution in [0.3, 0.4) is 0 Å². The Kier molecular flexibility index (Phi) is 2.80. The Bertz CT molecular complexity index is 227. The van der Waals surface area contributed by atoms with Gasteiger partial charge in [0.1, 0.15) is 0 Å². The summed E-state index contributed by atoms with van der Waals surface area (Å²) in [5.41, 5.74) is 0. The SMILES string of the molecule is CC1CCC2C(C1)C(C)C1CC(C)CCC12. The van der Waals surface area contributed by atoms with Gasteiger partial charge in [-0.05, 0) is 67.1 Å². The maximum absolute atomic E-state index is 2.58. The summed E-state index contributed by atoms with van der Waals surface area (Å²) in [4.78, 5) is 0. The average Bonchev–Trinajstić information content (AvgIpc) is 2.53. The van der Waals surface area contributed by atoms with Crippen LogP contribution < -0.4 is 0 Å². The van der Waals surface area contributed by atoms with E-state index in [9.17, 15) is 0 Å². The summed E-state index contributed by atoms with van der Waals surface area (Å²) in [5.74, 6) is 7.53. The Hall–Kier alpha value is 0. The number of rotatable bonds is 0. The first-order valence-corrected chi connectivity index (χ1v) is 7.66. The summed E-state index contributed by atoms with van der Waals surface area (Å²) >= 11 is 0. The zero-order valence-electron chi connectivity index (χ0n) is 11.3. The minimum atomic E-state index is 1.02. The fourth-order valence-corrected chi connectivity index (χ4v) is 5.49. The molecule has 0 heterocycles. The van der Waals surface area contributed by atoms with Crippen molar-refractivity contribution < 1.29 is 0 Å². The van der Waals surface area contributed by atoms with Gasteiger partial charge in [0.15, 0.2) is 0 Å². The molecule has 0 saturated heterocycles. The monoisotopic (exact) mass is 220 g/mol. The van der Waals surface area contributed by atoms with Crippen molar-refractivity contribution in [2.75, 3.05) is 0 Å². The van der Waals surface area contributed by atoms with Gasteiger partial charge in [-0.15, -0.1) is 0 Å². The van der Waals surface area contributed by atoms with Gasteiger partial charge in [-0.2, -0.15) is 0 Å². The summed E-state index contributed by atoms with van der Waals surface area (Å²) in [6.07, 6.45) is 9.26. The molecule has 3 saturated carbocycles. The zero-order valence-corrected chi connectivity index (χ0v) is 11.3. The second-order valence-corrected chi connectivity index (χ2v) is 7.35. The molecular weight excluding hydrogens is 192 g/mol. The van der Waals surface area contributed by atoms with E-state index >= 15 is 0 Å². The summed E-state index contributed by atoms with van der Waals surface area (Å²) in [7, 11) is 0. The fraction of sp³-hybridized carbons (Fsp3) is 1.00. The van der Waals surface area contributed by atoms with E-state index in [2.05, 4.69) is 20.8 Å². The van der Waals surface area contributed by atoms with Crippen molar-refractivity contribution in [3.8, 4) is 0 Å². The molecule has 0 N–H and O–H groups in total. The van der Waals surface area contributed by atoms with Gasteiger partial charge in [0.25, 0.3) is 0 Å². The molecule has 0 aromatic rings. The maximum Gasteiger partial charge on any atom is -0.0352 e. The molecule has 6 atom stereocenters. The number of hydrogen-bond acceptors (Lipinski definition) is 0. The molecule has 3 aliphatic carbocycles. The molecule has 6 unspecified atom stereocenters. The van der Waals surface area contributed by atoms with Gasteiger partial charge < -0.3 is 0 Å². The molecule has 0 aromatic heterocycles. The molecule has 0 bridgehead atoms. The van der Waals surface area contributed by atoms with Crippen LogP contribution in [0.1, 0.15) is 59.3 Å². The molecule has 0 aliphatic heterocycles. The predicted octanol–water partition coefficient (Wildman–Crippen LogP) is 4.74. The summed E-state index contributed by atoms with van der Waals surface area (Å²) in [6, 6.07) is 0. The van der Waals surface area contributed by atoms with Gasteiger partial charge in [0.2, 0.25) is 0 Å². The highest BCUT2D eigenvalue weighted by atomic mass is 14.6. The molecule has 0 amide bonds. The largest absolute Gasteiger partial charge is 0.0625 e. The second kappa shape index (κ2) is 4.03. The molecule has 0 aromatic carbocycles. The Morgan fingerprint density at radius 1 is 0.562 bits per heavy atom. The van der Waals surface area contributed by atoms with Crippen LogP contribution in [0.15, 0.2) is 0 Å². The molecule has 3 rings (SSSR count). The van der Waals surface area contributed by atoms with Crippen molar-refractivity contribution in [2.45, 2.75) is 59.3 Å². The fourth-order valence-electron chi connectivity index (χ4n) is 5.49. The van der Waals surface area contributed by atoms with Gasteiger partial charge in [0.05, 0.1) is 0 Å². The lowest BCUT2D eigenvalue weighted by molar-refractivity contribution is 0.144. The van der Waals surface area contributed by atoms with E-state index in [0.29, 0.717) is 0 Å². The first kappa shape index (κ1) is 11.1. The van der Waals surface area contributed by atoms with Gasteiger partial charge >= 0.3 is 0 Å². The van der Waals surface area contributed by atoms with Crippen LogP contribution in [0.4, 0.5) is 0 Å². The standard InChI is InChI=1S/C16H28/c1-10-4-6-13-14-7-5-11(2)9-16(14)12(3)15(13)8-10/h10-16H,4-9H2,1-3H3. The van der Waals surface area contributed by atoms with Crippen molar-refractivity contribution in [1.29, 1.82) is 0 Å². The van der Waals surface area contributed by atoms with Crippen molar-refractivity contribution in [2.24, 2.45) is 41.4 Å². The first-order valence-electron chi connectivity index (χ1n) is 7.66. The maximum atomic E-state index is 2.58. The van der Waals surface area contributed by atoms with E-state index in [1.165, 1.54) is 12.8 Å². The van der Waals surface area contributed by atoms with E-state index in [1.54, 1.807) is 25.7 Å². The van der Waals surface area contributed by atoms with Crippen LogP contribution in [-0.2, 0) is 0 Å². The lowest BCUT2D eigenvalue weighted by Gasteiger charge is -2.36. The predicted molar refractivity (Wildman–Crippen MR) is 69.2 cm³/mol. The van der Waals surface area contributed by atoms with E-state index in [1.807, 2.05) is 0 Å². The van der Waals surface area contributed by atoms with Crippen molar-refractivity contribution in [1.82, 2.24) is 0 Å². The lowest BCUT2D eigenvalue weighted by Crippen LogP contribution is -2.26. The molecule has 0 spiro atoms. The number of fused-ring (bicyclic) bond motifs is 3. The summed E-state index contributed by atoms with van der Waals surface area (Å²) in [6.45, 7) is 7.54. The Morgan fingerprint density at radius 2 is 1.00 bits per heavy atom. The normalized spacial score (nSPS) is 56.8. The Morgan fingerprint density at radius 3 is 1.44 bits per heavy atom. The molecule has 92 valence electrons. The molecule has 3 fully saturated rings. The average molecular weight is 220 g/mol. The smallest absolute Gasteiger partial charge is 0.0352 e. The zero-order chi connectivity index (χ0) is 11.3. The van der Waals surface area contributed by atoms with Gasteiger partial charge in [0, 0.05) is 0 Å². The highest BCUT2D eigenvalue weighted by Crippen LogP contribution is 2.58. The van der Waals surface area contributed by atoms with E-state index in [4.69, 9.17) is 0 Å². The first-order chi connectivity index (χ1) is 7.66. The van der Waals surface area contributed by atoms with Gasteiger partial charge in [-0.25, -0.2) is 0 Å². The Labute approximate surface area is 101 Å². The quantitative estimate of drug-likeness (QED) is 0.553. The highest BCUT2D eigenvalue weighted by molar-refractivity contribution is 4.99. The van der Waals surface area contributed by atoms with Crippen LogP contribution >= 0.6 is 0 Å². The van der Waals surface area contributed by atoms with E-state index in [-0.39, 0.29) is 0 Å². The highest BCUT2D eigenvalue weighted by Gasteiger charge is 2.50. The van der Waals surface area contributed by atoms with Crippen LogP contribution in [0.2, 0.25) is 0 Å². The third-order valence-electron chi connectivity index (χ3n) is 6.34. The third kappa shape index (κ3) is 1.64. The van der Waals surface area contributed by atoms with Crippen LogP contribution in [-0.4, -0.2) is 0 Å². The molecule has 3 aliphatic rings. The molecule has 16 heavy (non-hydrogen) atoms. The lowest BCUT2D eigenvalue weighted by atomic mass is 9.70. The molecular formula is C16H28. The Balaban J connectivity index is 1.79. The van der Waals surface area contributed by atoms with Crippen LogP contribution in [0.5, 0.6) is 0 Å². The minimum Gasteiger partial charge on any atom is -0.0625 e. The molecule has 0 radical (unpaired) electrons. The van der Waals surface area contributed by atoms with Gasteiger partial charge in [-0.1, -0.05) is 33.6 Å². The molecule has 0 nitrogen and oxygen atoms in total. The van der Waals surface area contributed by atoms with Crippen molar-refractivity contribution >= 4 is 0 Å². The second-order valence-electron chi connectivity index (χ2n) is 7.35.